The zero-order chi connectivity index (χ0) is 15.7. The number of carbonyl (C=O) groups is 2. The largest absolute Gasteiger partial charge is 0.480 e. The Hall–Kier alpha value is -2.19. The van der Waals surface area contributed by atoms with Gasteiger partial charge in [0.2, 0.25) is 0 Å². The van der Waals surface area contributed by atoms with E-state index in [2.05, 4.69) is 0 Å². The summed E-state index contributed by atoms with van der Waals surface area (Å²) in [4.78, 5) is 34.4. The van der Waals surface area contributed by atoms with Gasteiger partial charge in [0.05, 0.1) is 11.0 Å². The van der Waals surface area contributed by atoms with E-state index in [9.17, 15) is 24.8 Å². The Morgan fingerprint density at radius 3 is 2.62 bits per heavy atom. The molecule has 0 aromatic heterocycles. The number of aliphatic carboxylic acids is 1. The van der Waals surface area contributed by atoms with Crippen molar-refractivity contribution in [1.82, 2.24) is 4.90 Å². The monoisotopic (exact) mass is 314 g/mol. The zero-order valence-corrected chi connectivity index (χ0v) is 11.4. The van der Waals surface area contributed by atoms with E-state index >= 15 is 0 Å². The molecule has 1 amide bonds. The SMILES string of the molecule is O=C(O)[C@@H]1CC(O)CN1C(=O)c1cc(Cl)cc([N+](=O)[O-])c1. The number of carboxylic acid groups (broad SMARTS) is 1. The number of carbonyl (C=O) groups excluding carboxylic acids is 1. The van der Waals surface area contributed by atoms with Crippen molar-refractivity contribution in [3.8, 4) is 0 Å². The summed E-state index contributed by atoms with van der Waals surface area (Å²) in [7, 11) is 0. The second-order valence-corrected chi connectivity index (χ2v) is 5.09. The number of hydrogen-bond acceptors (Lipinski definition) is 5. The van der Waals surface area contributed by atoms with Crippen molar-refractivity contribution < 1.29 is 24.7 Å². The number of nitro groups is 1. The highest BCUT2D eigenvalue weighted by atomic mass is 35.5. The number of nitrogens with zero attached hydrogens (tertiary/aromatic N) is 2. The Morgan fingerprint density at radius 2 is 2.05 bits per heavy atom. The lowest BCUT2D eigenvalue weighted by atomic mass is 10.1. The Bertz CT molecular complexity index is 620. The minimum absolute atomic E-state index is 0.000768. The van der Waals surface area contributed by atoms with E-state index < -0.39 is 28.9 Å². The summed E-state index contributed by atoms with van der Waals surface area (Å²) in [6, 6.07) is 2.18. The zero-order valence-electron chi connectivity index (χ0n) is 10.6. The Balaban J connectivity index is 2.35. The molecule has 0 spiro atoms. The van der Waals surface area contributed by atoms with Gasteiger partial charge < -0.3 is 15.1 Å². The van der Waals surface area contributed by atoms with Gasteiger partial charge in [0.1, 0.15) is 6.04 Å². The molecule has 112 valence electrons. The van der Waals surface area contributed by atoms with Gasteiger partial charge in [-0.15, -0.1) is 0 Å². The third-order valence-corrected chi connectivity index (χ3v) is 3.38. The molecule has 0 saturated carbocycles. The predicted octanol–water partition coefficient (Wildman–Crippen LogP) is 0.908. The van der Waals surface area contributed by atoms with Crippen molar-refractivity contribution in [3.05, 3.63) is 38.9 Å². The van der Waals surface area contributed by atoms with Crippen LogP contribution in [-0.4, -0.2) is 50.6 Å². The van der Waals surface area contributed by atoms with E-state index in [-0.39, 0.29) is 29.2 Å². The molecule has 1 aliphatic rings. The molecule has 1 fully saturated rings. The topological polar surface area (TPSA) is 121 Å². The fourth-order valence-corrected chi connectivity index (χ4v) is 2.47. The molecule has 2 atom stereocenters. The van der Waals surface area contributed by atoms with Crippen molar-refractivity contribution in [2.75, 3.05) is 6.54 Å². The first kappa shape index (κ1) is 15.2. The summed E-state index contributed by atoms with van der Waals surface area (Å²) < 4.78 is 0. The van der Waals surface area contributed by atoms with E-state index in [1.54, 1.807) is 0 Å². The summed E-state index contributed by atoms with van der Waals surface area (Å²) in [5.41, 5.74) is -0.452. The third-order valence-electron chi connectivity index (χ3n) is 3.17. The summed E-state index contributed by atoms with van der Waals surface area (Å²) in [5.74, 6) is -1.96. The molecular weight excluding hydrogens is 304 g/mol. The van der Waals surface area contributed by atoms with Crippen LogP contribution in [0.2, 0.25) is 5.02 Å². The molecule has 2 rings (SSSR count). The maximum absolute atomic E-state index is 12.3. The number of carboxylic acids is 1. The van der Waals surface area contributed by atoms with Gasteiger partial charge in [0.15, 0.2) is 0 Å². The molecule has 1 aromatic rings. The molecule has 8 nitrogen and oxygen atoms in total. The Kier molecular flexibility index (Phi) is 4.10. The molecule has 1 heterocycles. The predicted molar refractivity (Wildman–Crippen MR) is 71.2 cm³/mol. The molecule has 0 bridgehead atoms. The van der Waals surface area contributed by atoms with Gasteiger partial charge in [-0.25, -0.2) is 4.79 Å². The van der Waals surface area contributed by atoms with Crippen LogP contribution in [0.1, 0.15) is 16.8 Å². The molecule has 9 heteroatoms. The molecule has 0 aliphatic carbocycles. The lowest BCUT2D eigenvalue weighted by Gasteiger charge is -2.21. The number of aliphatic hydroxyl groups is 1. The normalized spacial score (nSPS) is 21.3. The van der Waals surface area contributed by atoms with E-state index in [1.807, 2.05) is 0 Å². The van der Waals surface area contributed by atoms with E-state index in [0.717, 1.165) is 17.0 Å². The molecule has 2 N–H and O–H groups in total. The van der Waals surface area contributed by atoms with Crippen LogP contribution in [0, 0.1) is 10.1 Å². The van der Waals surface area contributed by atoms with Gasteiger partial charge in [0, 0.05) is 35.7 Å². The first-order valence-corrected chi connectivity index (χ1v) is 6.34. The molecule has 0 radical (unpaired) electrons. The smallest absolute Gasteiger partial charge is 0.326 e. The number of benzene rings is 1. The number of rotatable bonds is 3. The fraction of sp³-hybridized carbons (Fsp3) is 0.333. The van der Waals surface area contributed by atoms with Crippen LogP contribution in [0.3, 0.4) is 0 Å². The summed E-state index contributed by atoms with van der Waals surface area (Å²) >= 11 is 5.73. The molecule has 21 heavy (non-hydrogen) atoms. The van der Waals surface area contributed by atoms with Crippen LogP contribution in [0.25, 0.3) is 0 Å². The van der Waals surface area contributed by atoms with Crippen LogP contribution in [0.5, 0.6) is 0 Å². The summed E-state index contributed by atoms with van der Waals surface area (Å²) in [5, 5.41) is 29.3. The van der Waals surface area contributed by atoms with Crippen LogP contribution in [0.15, 0.2) is 18.2 Å². The highest BCUT2D eigenvalue weighted by Gasteiger charge is 2.39. The number of hydrogen-bond donors (Lipinski definition) is 2. The first-order chi connectivity index (χ1) is 9.79. The second kappa shape index (κ2) is 5.66. The lowest BCUT2D eigenvalue weighted by Crippen LogP contribution is -2.40. The Morgan fingerprint density at radius 1 is 1.38 bits per heavy atom. The van der Waals surface area contributed by atoms with Gasteiger partial charge in [0.25, 0.3) is 11.6 Å². The van der Waals surface area contributed by atoms with Crippen LogP contribution < -0.4 is 0 Å². The van der Waals surface area contributed by atoms with Crippen molar-refractivity contribution in [2.45, 2.75) is 18.6 Å². The molecule has 1 aliphatic heterocycles. The third kappa shape index (κ3) is 3.11. The van der Waals surface area contributed by atoms with Crippen LogP contribution in [0.4, 0.5) is 5.69 Å². The van der Waals surface area contributed by atoms with Gasteiger partial charge in [-0.05, 0) is 6.07 Å². The number of halogens is 1. The average Bonchev–Trinajstić information content (AvgIpc) is 2.79. The van der Waals surface area contributed by atoms with Crippen LogP contribution >= 0.6 is 11.6 Å². The fourth-order valence-electron chi connectivity index (χ4n) is 2.24. The van der Waals surface area contributed by atoms with Gasteiger partial charge in [-0.1, -0.05) is 11.6 Å². The highest BCUT2D eigenvalue weighted by Crippen LogP contribution is 2.25. The van der Waals surface area contributed by atoms with Gasteiger partial charge >= 0.3 is 5.97 Å². The number of non-ortho nitro benzene ring substituents is 1. The van der Waals surface area contributed by atoms with E-state index in [4.69, 9.17) is 16.7 Å². The van der Waals surface area contributed by atoms with Crippen molar-refractivity contribution in [2.24, 2.45) is 0 Å². The number of amides is 1. The maximum Gasteiger partial charge on any atom is 0.326 e. The Labute approximate surface area is 123 Å². The molecule has 1 saturated heterocycles. The second-order valence-electron chi connectivity index (χ2n) is 4.66. The van der Waals surface area contributed by atoms with E-state index in [1.165, 1.54) is 6.07 Å². The first-order valence-electron chi connectivity index (χ1n) is 5.96. The standard InChI is InChI=1S/C12H11ClN2O6/c13-7-1-6(2-8(3-7)15(20)21)11(17)14-5-9(16)4-10(14)12(18)19/h1-3,9-10,16H,4-5H2,(H,18,19)/t9?,10-/m0/s1. The number of likely N-dealkylation sites (tertiary alicyclic amines) is 1. The molecular formula is C12H11ClN2O6. The maximum atomic E-state index is 12.3. The lowest BCUT2D eigenvalue weighted by molar-refractivity contribution is -0.384. The highest BCUT2D eigenvalue weighted by molar-refractivity contribution is 6.31. The summed E-state index contributed by atoms with van der Waals surface area (Å²) in [6.45, 7) is -0.143. The van der Waals surface area contributed by atoms with Gasteiger partial charge in [-0.2, -0.15) is 0 Å². The van der Waals surface area contributed by atoms with Crippen molar-refractivity contribution in [3.63, 3.8) is 0 Å². The number of aliphatic hydroxyl groups excluding tert-OH is 1. The quantitative estimate of drug-likeness (QED) is 0.631. The van der Waals surface area contributed by atoms with Crippen molar-refractivity contribution >= 4 is 29.2 Å². The average molecular weight is 315 g/mol. The van der Waals surface area contributed by atoms with E-state index in [0.29, 0.717) is 0 Å². The number of β-amino-alcohol motifs (C(OH)–C–C–N with tert-alkyl or cyclic N) is 1. The minimum Gasteiger partial charge on any atom is -0.480 e. The molecule has 1 aromatic carbocycles. The number of nitro benzene ring substituents is 1. The van der Waals surface area contributed by atoms with Crippen molar-refractivity contribution in [1.29, 1.82) is 0 Å². The van der Waals surface area contributed by atoms with Crippen LogP contribution in [-0.2, 0) is 4.79 Å². The molecule has 1 unspecified atom stereocenters. The minimum atomic E-state index is -1.24. The van der Waals surface area contributed by atoms with Gasteiger partial charge in [-0.3, -0.25) is 14.9 Å². The summed E-state index contributed by atoms with van der Waals surface area (Å²) in [6.07, 6.45) is -1.02.